The van der Waals surface area contributed by atoms with Gasteiger partial charge in [-0.15, -0.1) is 0 Å². The SMILES string of the molecule is O=C1OC(c2ccc(Cl)cc2)CN1Cc1ccc(-c2cccc(CN3CCOCC3)c2)cc1. The van der Waals surface area contributed by atoms with Gasteiger partial charge in [-0.05, 0) is 46.0 Å². The Labute approximate surface area is 199 Å². The summed E-state index contributed by atoms with van der Waals surface area (Å²) in [7, 11) is 0. The van der Waals surface area contributed by atoms with Crippen molar-refractivity contribution in [1.29, 1.82) is 0 Å². The maximum absolute atomic E-state index is 12.4. The fourth-order valence-corrected chi connectivity index (χ4v) is 4.50. The van der Waals surface area contributed by atoms with Crippen LogP contribution in [0.2, 0.25) is 5.02 Å². The van der Waals surface area contributed by atoms with E-state index in [1.807, 2.05) is 24.3 Å². The van der Waals surface area contributed by atoms with Gasteiger partial charge in [0.15, 0.2) is 0 Å². The van der Waals surface area contributed by atoms with Crippen LogP contribution < -0.4 is 0 Å². The number of rotatable bonds is 6. The zero-order valence-corrected chi connectivity index (χ0v) is 19.2. The van der Waals surface area contributed by atoms with Gasteiger partial charge in [0.25, 0.3) is 0 Å². The molecule has 0 aliphatic carbocycles. The number of cyclic esters (lactones) is 1. The van der Waals surface area contributed by atoms with Crippen molar-refractivity contribution in [2.45, 2.75) is 19.2 Å². The monoisotopic (exact) mass is 462 g/mol. The average Bonchev–Trinajstić information content (AvgIpc) is 3.21. The molecular weight excluding hydrogens is 436 g/mol. The van der Waals surface area contributed by atoms with Gasteiger partial charge in [-0.25, -0.2) is 4.79 Å². The van der Waals surface area contributed by atoms with Gasteiger partial charge in [0.1, 0.15) is 6.10 Å². The van der Waals surface area contributed by atoms with Crippen LogP contribution >= 0.6 is 11.6 Å². The number of carbonyl (C=O) groups is 1. The predicted molar refractivity (Wildman–Crippen MR) is 129 cm³/mol. The molecule has 2 aliphatic rings. The first kappa shape index (κ1) is 22.0. The molecule has 1 atom stereocenters. The molecule has 1 amide bonds. The molecule has 33 heavy (non-hydrogen) atoms. The smallest absolute Gasteiger partial charge is 0.410 e. The number of amides is 1. The van der Waals surface area contributed by atoms with E-state index in [9.17, 15) is 4.79 Å². The topological polar surface area (TPSA) is 42.0 Å². The van der Waals surface area contributed by atoms with Crippen LogP contribution in [0.5, 0.6) is 0 Å². The standard InChI is InChI=1S/C27H27ClN2O3/c28-25-10-8-23(9-11-25)26-19-30(27(31)33-26)18-20-4-6-22(7-5-20)24-3-1-2-21(16-24)17-29-12-14-32-15-13-29/h1-11,16,26H,12-15,17-19H2. The second-order valence-corrected chi connectivity index (χ2v) is 9.03. The lowest BCUT2D eigenvalue weighted by Crippen LogP contribution is -2.35. The van der Waals surface area contributed by atoms with Crippen LogP contribution in [0.15, 0.2) is 72.8 Å². The maximum atomic E-state index is 12.4. The van der Waals surface area contributed by atoms with Crippen LogP contribution in [0.1, 0.15) is 22.8 Å². The third-order valence-electron chi connectivity index (χ3n) is 6.23. The molecule has 2 aliphatic heterocycles. The highest BCUT2D eigenvalue weighted by Gasteiger charge is 2.32. The van der Waals surface area contributed by atoms with Gasteiger partial charge in [-0.2, -0.15) is 0 Å². The quantitative estimate of drug-likeness (QED) is 0.483. The van der Waals surface area contributed by atoms with Gasteiger partial charge in [0.2, 0.25) is 0 Å². The molecule has 6 heteroatoms. The van der Waals surface area contributed by atoms with Crippen molar-refractivity contribution in [3.8, 4) is 11.1 Å². The van der Waals surface area contributed by atoms with Crippen molar-refractivity contribution in [2.75, 3.05) is 32.8 Å². The van der Waals surface area contributed by atoms with E-state index < -0.39 is 0 Å². The Morgan fingerprint density at radius 1 is 0.848 bits per heavy atom. The molecule has 5 nitrogen and oxygen atoms in total. The fraction of sp³-hybridized carbons (Fsp3) is 0.296. The number of ether oxygens (including phenoxy) is 2. The van der Waals surface area contributed by atoms with Gasteiger partial charge >= 0.3 is 6.09 Å². The summed E-state index contributed by atoms with van der Waals surface area (Å²) in [5.74, 6) is 0. The second-order valence-electron chi connectivity index (χ2n) is 8.59. The van der Waals surface area contributed by atoms with Crippen molar-refractivity contribution < 1.29 is 14.3 Å². The van der Waals surface area contributed by atoms with Crippen molar-refractivity contribution in [3.05, 3.63) is 94.5 Å². The normalized spacial score (nSPS) is 19.0. The van der Waals surface area contributed by atoms with Crippen LogP contribution in [0.3, 0.4) is 0 Å². The average molecular weight is 463 g/mol. The first-order valence-electron chi connectivity index (χ1n) is 11.3. The Kier molecular flexibility index (Phi) is 6.63. The number of hydrogen-bond acceptors (Lipinski definition) is 4. The molecular formula is C27H27ClN2O3. The molecule has 3 aromatic carbocycles. The van der Waals surface area contributed by atoms with Gasteiger partial charge in [-0.3, -0.25) is 9.80 Å². The van der Waals surface area contributed by atoms with Crippen LogP contribution in [0.4, 0.5) is 4.79 Å². The Morgan fingerprint density at radius 3 is 2.36 bits per heavy atom. The van der Waals surface area contributed by atoms with E-state index in [-0.39, 0.29) is 12.2 Å². The number of halogens is 1. The van der Waals surface area contributed by atoms with Crippen molar-refractivity contribution in [2.24, 2.45) is 0 Å². The minimum Gasteiger partial charge on any atom is -0.439 e. The lowest BCUT2D eigenvalue weighted by molar-refractivity contribution is 0.0342. The molecule has 0 radical (unpaired) electrons. The first-order valence-corrected chi connectivity index (χ1v) is 11.7. The third-order valence-corrected chi connectivity index (χ3v) is 6.48. The fourth-order valence-electron chi connectivity index (χ4n) is 4.38. The van der Waals surface area contributed by atoms with Crippen molar-refractivity contribution in [1.82, 2.24) is 9.80 Å². The van der Waals surface area contributed by atoms with E-state index in [0.717, 1.165) is 44.0 Å². The lowest BCUT2D eigenvalue weighted by Gasteiger charge is -2.26. The van der Waals surface area contributed by atoms with Gasteiger partial charge in [-0.1, -0.05) is 66.2 Å². The minimum atomic E-state index is -0.283. The molecule has 0 aromatic heterocycles. The second kappa shape index (κ2) is 9.96. The van der Waals surface area contributed by atoms with E-state index in [1.54, 1.807) is 4.90 Å². The van der Waals surface area contributed by atoms with E-state index >= 15 is 0 Å². The van der Waals surface area contributed by atoms with Crippen LogP contribution in [0.25, 0.3) is 11.1 Å². The van der Waals surface area contributed by atoms with Gasteiger partial charge in [0.05, 0.1) is 19.8 Å². The van der Waals surface area contributed by atoms with Gasteiger partial charge in [0, 0.05) is 31.2 Å². The molecule has 2 fully saturated rings. The summed E-state index contributed by atoms with van der Waals surface area (Å²) in [5, 5.41) is 0.673. The molecule has 2 saturated heterocycles. The summed E-state index contributed by atoms with van der Waals surface area (Å²) >= 11 is 5.97. The Morgan fingerprint density at radius 2 is 1.61 bits per heavy atom. The molecule has 0 bridgehead atoms. The number of nitrogens with zero attached hydrogens (tertiary/aromatic N) is 2. The summed E-state index contributed by atoms with van der Waals surface area (Å²) in [4.78, 5) is 16.6. The molecule has 0 saturated carbocycles. The summed E-state index contributed by atoms with van der Waals surface area (Å²) in [5.41, 5.74) is 5.73. The van der Waals surface area contributed by atoms with E-state index in [4.69, 9.17) is 21.1 Å². The Balaban J connectivity index is 1.22. The highest BCUT2D eigenvalue weighted by Crippen LogP contribution is 2.29. The van der Waals surface area contributed by atoms with Crippen LogP contribution in [-0.2, 0) is 22.6 Å². The van der Waals surface area contributed by atoms with Crippen molar-refractivity contribution in [3.63, 3.8) is 0 Å². The van der Waals surface area contributed by atoms with E-state index in [2.05, 4.69) is 53.4 Å². The summed E-state index contributed by atoms with van der Waals surface area (Å²) in [6, 6.07) is 24.6. The predicted octanol–water partition coefficient (Wildman–Crippen LogP) is 5.53. The summed E-state index contributed by atoms with van der Waals surface area (Å²) in [6.07, 6.45) is -0.543. The van der Waals surface area contributed by atoms with Gasteiger partial charge < -0.3 is 9.47 Å². The first-order chi connectivity index (χ1) is 16.1. The number of hydrogen-bond donors (Lipinski definition) is 0. The zero-order chi connectivity index (χ0) is 22.6. The van der Waals surface area contributed by atoms with E-state index in [1.165, 1.54) is 16.7 Å². The number of carbonyl (C=O) groups excluding carboxylic acids is 1. The molecule has 2 heterocycles. The zero-order valence-electron chi connectivity index (χ0n) is 18.5. The summed E-state index contributed by atoms with van der Waals surface area (Å²) in [6.45, 7) is 5.60. The summed E-state index contributed by atoms with van der Waals surface area (Å²) < 4.78 is 11.0. The maximum Gasteiger partial charge on any atom is 0.410 e. The lowest BCUT2D eigenvalue weighted by atomic mass is 10.0. The molecule has 5 rings (SSSR count). The van der Waals surface area contributed by atoms with Crippen molar-refractivity contribution >= 4 is 17.7 Å². The Bertz CT molecular complexity index is 1100. The van der Waals surface area contributed by atoms with Crippen LogP contribution in [-0.4, -0.2) is 48.7 Å². The van der Waals surface area contributed by atoms with E-state index in [0.29, 0.717) is 18.1 Å². The van der Waals surface area contributed by atoms with Crippen LogP contribution in [0, 0.1) is 0 Å². The highest BCUT2D eigenvalue weighted by atomic mass is 35.5. The molecule has 3 aromatic rings. The number of benzene rings is 3. The minimum absolute atomic E-state index is 0.261. The highest BCUT2D eigenvalue weighted by molar-refractivity contribution is 6.30. The molecule has 1 unspecified atom stereocenters. The Hall–Kier alpha value is -2.86. The third kappa shape index (κ3) is 5.38. The molecule has 0 spiro atoms. The largest absolute Gasteiger partial charge is 0.439 e. The number of morpholine rings is 1. The molecule has 0 N–H and O–H groups in total. The molecule has 170 valence electrons.